The molecule has 1 rings (SSSR count). The highest BCUT2D eigenvalue weighted by molar-refractivity contribution is 5.89. The summed E-state index contributed by atoms with van der Waals surface area (Å²) >= 11 is 0. The summed E-state index contributed by atoms with van der Waals surface area (Å²) in [5.74, 6) is -2.46. The summed E-state index contributed by atoms with van der Waals surface area (Å²) in [6.45, 7) is 4.86. The SMILES string of the molecule is CC(C)(C)OC(=O)N1C(C(=O)O)CC1C(=O)O. The van der Waals surface area contributed by atoms with Gasteiger partial charge in [-0.2, -0.15) is 0 Å². The van der Waals surface area contributed by atoms with Gasteiger partial charge in [0, 0.05) is 6.42 Å². The lowest BCUT2D eigenvalue weighted by Crippen LogP contribution is -2.65. The summed E-state index contributed by atoms with van der Waals surface area (Å²) in [5, 5.41) is 17.6. The monoisotopic (exact) mass is 245 g/mol. The number of amides is 1. The zero-order valence-electron chi connectivity index (χ0n) is 9.84. The summed E-state index contributed by atoms with van der Waals surface area (Å²) in [4.78, 5) is 34.0. The molecule has 0 saturated carbocycles. The number of carbonyl (C=O) groups is 3. The summed E-state index contributed by atoms with van der Waals surface area (Å²) < 4.78 is 4.96. The molecule has 0 spiro atoms. The molecule has 1 fully saturated rings. The fourth-order valence-electron chi connectivity index (χ4n) is 1.53. The van der Waals surface area contributed by atoms with Crippen LogP contribution in [0.3, 0.4) is 0 Å². The van der Waals surface area contributed by atoms with E-state index < -0.39 is 35.7 Å². The highest BCUT2D eigenvalue weighted by Crippen LogP contribution is 2.28. The number of ether oxygens (including phenoxy) is 1. The van der Waals surface area contributed by atoms with E-state index in [4.69, 9.17) is 14.9 Å². The first-order valence-corrected chi connectivity index (χ1v) is 5.10. The second-order valence-electron chi connectivity index (χ2n) is 4.83. The van der Waals surface area contributed by atoms with E-state index in [1.54, 1.807) is 20.8 Å². The van der Waals surface area contributed by atoms with Gasteiger partial charge < -0.3 is 14.9 Å². The topological polar surface area (TPSA) is 104 Å². The van der Waals surface area contributed by atoms with E-state index in [9.17, 15) is 14.4 Å². The Morgan fingerprint density at radius 3 is 1.82 bits per heavy atom. The Bertz CT molecular complexity index is 338. The fourth-order valence-corrected chi connectivity index (χ4v) is 1.53. The van der Waals surface area contributed by atoms with E-state index in [-0.39, 0.29) is 6.42 Å². The van der Waals surface area contributed by atoms with Gasteiger partial charge >= 0.3 is 18.0 Å². The standard InChI is InChI=1S/C10H15NO6/c1-10(2,3)17-9(16)11-5(7(12)13)4-6(11)8(14)15/h5-6H,4H2,1-3H3,(H,12,13)(H,14,15). The molecule has 7 heteroatoms. The van der Waals surface area contributed by atoms with Crippen LogP contribution in [0.15, 0.2) is 0 Å². The molecule has 2 N–H and O–H groups in total. The molecule has 96 valence electrons. The summed E-state index contributed by atoms with van der Waals surface area (Å²) in [6.07, 6.45) is -1.01. The van der Waals surface area contributed by atoms with Crippen LogP contribution in [0.1, 0.15) is 27.2 Å². The molecule has 0 aromatic carbocycles. The third kappa shape index (κ3) is 2.86. The first-order chi connectivity index (χ1) is 7.63. The van der Waals surface area contributed by atoms with E-state index in [1.807, 2.05) is 0 Å². The molecule has 0 radical (unpaired) electrons. The maximum absolute atomic E-state index is 11.6. The Hall–Kier alpha value is -1.79. The average Bonchev–Trinajstić information content (AvgIpc) is 1.94. The van der Waals surface area contributed by atoms with Crippen molar-refractivity contribution in [3.63, 3.8) is 0 Å². The third-order valence-corrected chi connectivity index (χ3v) is 2.29. The Kier molecular flexibility index (Phi) is 3.30. The molecule has 2 atom stereocenters. The highest BCUT2D eigenvalue weighted by atomic mass is 16.6. The fraction of sp³-hybridized carbons (Fsp3) is 0.700. The van der Waals surface area contributed by atoms with Gasteiger partial charge in [0.1, 0.15) is 17.7 Å². The second kappa shape index (κ2) is 4.23. The molecule has 1 saturated heterocycles. The minimum absolute atomic E-state index is 0.0933. The lowest BCUT2D eigenvalue weighted by Gasteiger charge is -2.43. The average molecular weight is 245 g/mol. The van der Waals surface area contributed by atoms with Crippen molar-refractivity contribution in [1.82, 2.24) is 4.90 Å². The van der Waals surface area contributed by atoms with Crippen molar-refractivity contribution in [2.45, 2.75) is 44.9 Å². The van der Waals surface area contributed by atoms with Crippen molar-refractivity contribution in [3.05, 3.63) is 0 Å². The van der Waals surface area contributed by atoms with Crippen LogP contribution in [0.4, 0.5) is 4.79 Å². The van der Waals surface area contributed by atoms with Crippen LogP contribution >= 0.6 is 0 Å². The summed E-state index contributed by atoms with van der Waals surface area (Å²) in [6, 6.07) is -2.24. The molecule has 0 aromatic rings. The van der Waals surface area contributed by atoms with Crippen LogP contribution in [0.5, 0.6) is 0 Å². The van der Waals surface area contributed by atoms with Crippen molar-refractivity contribution in [1.29, 1.82) is 0 Å². The van der Waals surface area contributed by atoms with Gasteiger partial charge in [-0.15, -0.1) is 0 Å². The van der Waals surface area contributed by atoms with Crippen molar-refractivity contribution >= 4 is 18.0 Å². The molecule has 0 bridgehead atoms. The molecule has 7 nitrogen and oxygen atoms in total. The molecular weight excluding hydrogens is 230 g/mol. The Morgan fingerprint density at radius 1 is 1.12 bits per heavy atom. The minimum Gasteiger partial charge on any atom is -0.480 e. The summed E-state index contributed by atoms with van der Waals surface area (Å²) in [5.41, 5.74) is -0.793. The van der Waals surface area contributed by atoms with Crippen LogP contribution in [0.2, 0.25) is 0 Å². The predicted octanol–water partition coefficient (Wildman–Crippen LogP) is 0.534. The highest BCUT2D eigenvalue weighted by Gasteiger charge is 2.51. The number of likely N-dealkylation sites (tertiary alicyclic amines) is 1. The van der Waals surface area contributed by atoms with E-state index in [0.717, 1.165) is 4.90 Å². The normalized spacial score (nSPS) is 23.8. The maximum Gasteiger partial charge on any atom is 0.411 e. The first kappa shape index (κ1) is 13.3. The van der Waals surface area contributed by atoms with Gasteiger partial charge in [-0.1, -0.05) is 0 Å². The molecule has 1 aliphatic heterocycles. The minimum atomic E-state index is -1.23. The Morgan fingerprint density at radius 2 is 1.53 bits per heavy atom. The summed E-state index contributed by atoms with van der Waals surface area (Å²) in [7, 11) is 0. The van der Waals surface area contributed by atoms with Crippen molar-refractivity contribution in [3.8, 4) is 0 Å². The van der Waals surface area contributed by atoms with Crippen LogP contribution in [-0.2, 0) is 14.3 Å². The lowest BCUT2D eigenvalue weighted by molar-refractivity contribution is -0.161. The predicted molar refractivity (Wildman–Crippen MR) is 55.5 cm³/mol. The molecule has 1 heterocycles. The number of carboxylic acids is 2. The van der Waals surface area contributed by atoms with E-state index in [1.165, 1.54) is 0 Å². The molecule has 2 unspecified atom stereocenters. The Labute approximate surface area is 98.0 Å². The quantitative estimate of drug-likeness (QED) is 0.735. The first-order valence-electron chi connectivity index (χ1n) is 5.10. The molecule has 1 amide bonds. The number of rotatable bonds is 2. The second-order valence-corrected chi connectivity index (χ2v) is 4.83. The van der Waals surface area contributed by atoms with E-state index >= 15 is 0 Å². The number of carboxylic acid groups (broad SMARTS) is 2. The van der Waals surface area contributed by atoms with Gasteiger partial charge in [-0.05, 0) is 20.8 Å². The van der Waals surface area contributed by atoms with Crippen LogP contribution in [0.25, 0.3) is 0 Å². The van der Waals surface area contributed by atoms with Gasteiger partial charge in [-0.3, -0.25) is 4.90 Å². The molecule has 1 aliphatic rings. The van der Waals surface area contributed by atoms with E-state index in [0.29, 0.717) is 0 Å². The van der Waals surface area contributed by atoms with Gasteiger partial charge in [-0.25, -0.2) is 14.4 Å². The molecule has 0 aromatic heterocycles. The van der Waals surface area contributed by atoms with Crippen LogP contribution in [-0.4, -0.2) is 50.8 Å². The number of aliphatic carboxylic acids is 2. The maximum atomic E-state index is 11.6. The van der Waals surface area contributed by atoms with Gasteiger partial charge in [0.15, 0.2) is 0 Å². The zero-order valence-corrected chi connectivity index (χ0v) is 9.84. The zero-order chi connectivity index (χ0) is 13.4. The number of carbonyl (C=O) groups excluding carboxylic acids is 1. The number of hydrogen-bond donors (Lipinski definition) is 2. The van der Waals surface area contributed by atoms with Crippen molar-refractivity contribution < 1.29 is 29.3 Å². The smallest absolute Gasteiger partial charge is 0.411 e. The lowest BCUT2D eigenvalue weighted by atomic mass is 9.93. The van der Waals surface area contributed by atoms with Gasteiger partial charge in [0.2, 0.25) is 0 Å². The van der Waals surface area contributed by atoms with Crippen molar-refractivity contribution in [2.75, 3.05) is 0 Å². The van der Waals surface area contributed by atoms with Crippen LogP contribution < -0.4 is 0 Å². The van der Waals surface area contributed by atoms with Crippen LogP contribution in [0, 0.1) is 0 Å². The van der Waals surface area contributed by atoms with Crippen molar-refractivity contribution in [2.24, 2.45) is 0 Å². The molecule has 17 heavy (non-hydrogen) atoms. The van der Waals surface area contributed by atoms with Gasteiger partial charge in [0.05, 0.1) is 0 Å². The Balaban J connectivity index is 2.79. The largest absolute Gasteiger partial charge is 0.480 e. The van der Waals surface area contributed by atoms with E-state index in [2.05, 4.69) is 0 Å². The van der Waals surface area contributed by atoms with Gasteiger partial charge in [0.25, 0.3) is 0 Å². The molecular formula is C10H15NO6. The number of hydrogen-bond acceptors (Lipinski definition) is 4. The third-order valence-electron chi connectivity index (χ3n) is 2.29. The molecule has 0 aliphatic carbocycles. The number of nitrogens with zero attached hydrogens (tertiary/aromatic N) is 1.